The van der Waals surface area contributed by atoms with E-state index in [0.29, 0.717) is 25.4 Å². The van der Waals surface area contributed by atoms with Crippen molar-refractivity contribution in [1.82, 2.24) is 0 Å². The van der Waals surface area contributed by atoms with Crippen molar-refractivity contribution >= 4 is 5.78 Å². The number of ketones is 1. The van der Waals surface area contributed by atoms with Crippen LogP contribution in [0, 0.1) is 0 Å². The fraction of sp³-hybridized carbons (Fsp3) is 0.938. The molecule has 1 aliphatic heterocycles. The van der Waals surface area contributed by atoms with E-state index in [9.17, 15) is 4.79 Å². The summed E-state index contributed by atoms with van der Waals surface area (Å²) in [6.45, 7) is 4.43. The molecule has 0 aromatic rings. The summed E-state index contributed by atoms with van der Waals surface area (Å²) in [5.74, 6) is 0.290. The maximum atomic E-state index is 11.6. The minimum absolute atomic E-state index is 0.0801. The third-order valence-corrected chi connectivity index (χ3v) is 3.90. The van der Waals surface area contributed by atoms with Gasteiger partial charge in [0.05, 0.1) is 18.3 Å². The van der Waals surface area contributed by atoms with Crippen molar-refractivity contribution in [1.29, 1.82) is 0 Å². The van der Waals surface area contributed by atoms with Crippen molar-refractivity contribution in [3.63, 3.8) is 0 Å². The van der Waals surface area contributed by atoms with Crippen LogP contribution in [0.5, 0.6) is 0 Å². The highest BCUT2D eigenvalue weighted by Crippen LogP contribution is 2.27. The number of hydrogen-bond acceptors (Lipinski definition) is 4. The van der Waals surface area contributed by atoms with Gasteiger partial charge in [-0.3, -0.25) is 4.79 Å². The van der Waals surface area contributed by atoms with Gasteiger partial charge in [-0.15, -0.1) is 0 Å². The summed E-state index contributed by atoms with van der Waals surface area (Å²) < 4.78 is 16.8. The molecule has 0 saturated carbocycles. The van der Waals surface area contributed by atoms with Crippen LogP contribution in [0.3, 0.4) is 0 Å². The normalized spacial score (nSPS) is 26.6. The Hall–Kier alpha value is -0.450. The molecule has 4 nitrogen and oxygen atoms in total. The van der Waals surface area contributed by atoms with Gasteiger partial charge in [-0.1, -0.05) is 33.1 Å². The summed E-state index contributed by atoms with van der Waals surface area (Å²) in [7, 11) is 1.64. The number of unbranched alkanes of at least 4 members (excludes halogenated alkanes) is 2. The minimum Gasteiger partial charge on any atom is -0.372 e. The van der Waals surface area contributed by atoms with E-state index in [1.54, 1.807) is 7.11 Å². The first-order valence-electron chi connectivity index (χ1n) is 7.98. The second-order valence-corrected chi connectivity index (χ2v) is 5.58. The molecule has 1 heterocycles. The molecule has 0 unspecified atom stereocenters. The quantitative estimate of drug-likeness (QED) is 0.455. The summed E-state index contributed by atoms with van der Waals surface area (Å²) in [5, 5.41) is 0. The molecule has 1 aliphatic rings. The minimum atomic E-state index is 0.0801. The maximum Gasteiger partial charge on any atom is 0.146 e. The number of hydrogen-bond donors (Lipinski definition) is 0. The highest BCUT2D eigenvalue weighted by molar-refractivity contribution is 5.78. The van der Waals surface area contributed by atoms with Crippen molar-refractivity contribution in [3.05, 3.63) is 0 Å². The summed E-state index contributed by atoms with van der Waals surface area (Å²) >= 11 is 0. The average Bonchev–Trinajstić information content (AvgIpc) is 2.46. The fourth-order valence-corrected chi connectivity index (χ4v) is 2.68. The smallest absolute Gasteiger partial charge is 0.146 e. The Labute approximate surface area is 123 Å². The van der Waals surface area contributed by atoms with E-state index in [-0.39, 0.29) is 18.3 Å². The van der Waals surface area contributed by atoms with E-state index in [1.165, 1.54) is 12.8 Å². The number of carbonyl (C=O) groups is 1. The molecular weight excluding hydrogens is 256 g/mol. The molecule has 118 valence electrons. The van der Waals surface area contributed by atoms with E-state index in [0.717, 1.165) is 25.7 Å². The van der Waals surface area contributed by atoms with Crippen molar-refractivity contribution in [2.45, 2.75) is 83.5 Å². The van der Waals surface area contributed by atoms with Crippen molar-refractivity contribution < 1.29 is 19.0 Å². The number of carbonyl (C=O) groups excluding carboxylic acids is 1. The molecule has 3 atom stereocenters. The Morgan fingerprint density at radius 2 is 2.05 bits per heavy atom. The number of methoxy groups -OCH3 is 1. The van der Waals surface area contributed by atoms with Crippen LogP contribution in [-0.4, -0.2) is 38.0 Å². The molecule has 0 spiro atoms. The van der Waals surface area contributed by atoms with Crippen LogP contribution in [-0.2, 0) is 19.0 Å². The highest BCUT2D eigenvalue weighted by Gasteiger charge is 2.32. The first-order chi connectivity index (χ1) is 9.71. The molecule has 0 aromatic heterocycles. The van der Waals surface area contributed by atoms with Crippen molar-refractivity contribution in [2.24, 2.45) is 0 Å². The third kappa shape index (κ3) is 6.33. The number of rotatable bonds is 10. The lowest BCUT2D eigenvalue weighted by Gasteiger charge is -2.36. The van der Waals surface area contributed by atoms with Gasteiger partial charge in [0.1, 0.15) is 12.6 Å². The van der Waals surface area contributed by atoms with Gasteiger partial charge < -0.3 is 14.2 Å². The summed E-state index contributed by atoms with van der Waals surface area (Å²) in [5.41, 5.74) is 0. The van der Waals surface area contributed by atoms with E-state index < -0.39 is 0 Å². The summed E-state index contributed by atoms with van der Waals surface area (Å²) in [4.78, 5) is 11.6. The molecule has 1 saturated heterocycles. The molecule has 0 bridgehead atoms. The van der Waals surface area contributed by atoms with Gasteiger partial charge in [0, 0.05) is 20.0 Å². The molecular formula is C16H30O4. The Balaban J connectivity index is 2.46. The van der Waals surface area contributed by atoms with Crippen molar-refractivity contribution in [3.8, 4) is 0 Å². The lowest BCUT2D eigenvalue weighted by atomic mass is 9.94. The lowest BCUT2D eigenvalue weighted by molar-refractivity contribution is -0.176. The van der Waals surface area contributed by atoms with Gasteiger partial charge in [-0.05, 0) is 19.3 Å². The Kier molecular flexibility index (Phi) is 9.07. The monoisotopic (exact) mass is 286 g/mol. The van der Waals surface area contributed by atoms with Gasteiger partial charge in [0.2, 0.25) is 0 Å². The first kappa shape index (κ1) is 17.6. The lowest BCUT2D eigenvalue weighted by Crippen LogP contribution is -2.41. The highest BCUT2D eigenvalue weighted by atomic mass is 16.7. The van der Waals surface area contributed by atoms with Gasteiger partial charge in [-0.25, -0.2) is 0 Å². The molecule has 1 fully saturated rings. The first-order valence-corrected chi connectivity index (χ1v) is 7.98. The second-order valence-electron chi connectivity index (χ2n) is 5.58. The Morgan fingerprint density at radius 1 is 1.25 bits per heavy atom. The number of ether oxygens (including phenoxy) is 3. The summed E-state index contributed by atoms with van der Waals surface area (Å²) in [6.07, 6.45) is 7.91. The van der Waals surface area contributed by atoms with Crippen LogP contribution in [0.15, 0.2) is 0 Å². The van der Waals surface area contributed by atoms with Crippen LogP contribution in [0.4, 0.5) is 0 Å². The third-order valence-electron chi connectivity index (χ3n) is 3.90. The van der Waals surface area contributed by atoms with Crippen LogP contribution < -0.4 is 0 Å². The van der Waals surface area contributed by atoms with Gasteiger partial charge in [-0.2, -0.15) is 0 Å². The predicted octanol–water partition coefficient (Wildman–Crippen LogP) is 3.47. The van der Waals surface area contributed by atoms with Gasteiger partial charge >= 0.3 is 0 Å². The summed E-state index contributed by atoms with van der Waals surface area (Å²) in [6, 6.07) is 0. The van der Waals surface area contributed by atoms with Gasteiger partial charge in [0.15, 0.2) is 0 Å². The van der Waals surface area contributed by atoms with Crippen molar-refractivity contribution in [2.75, 3.05) is 13.9 Å². The topological polar surface area (TPSA) is 44.8 Å². The van der Waals surface area contributed by atoms with E-state index >= 15 is 0 Å². The fourth-order valence-electron chi connectivity index (χ4n) is 2.68. The molecule has 20 heavy (non-hydrogen) atoms. The Morgan fingerprint density at radius 3 is 2.70 bits per heavy atom. The van der Waals surface area contributed by atoms with Crippen LogP contribution >= 0.6 is 0 Å². The predicted molar refractivity (Wildman–Crippen MR) is 78.7 cm³/mol. The zero-order valence-corrected chi connectivity index (χ0v) is 13.2. The van der Waals surface area contributed by atoms with Crippen LogP contribution in [0.2, 0.25) is 0 Å². The standard InChI is InChI=1S/C16H30O4/c1-4-6-7-8-16-15(19-12-18-3)10-9-14(20-16)11-13(17)5-2/h14-16H,4-12H2,1-3H3/t14-,15+,16-/m1/s1. The van der Waals surface area contributed by atoms with E-state index in [4.69, 9.17) is 14.2 Å². The molecule has 0 N–H and O–H groups in total. The van der Waals surface area contributed by atoms with E-state index in [1.807, 2.05) is 6.92 Å². The van der Waals surface area contributed by atoms with E-state index in [2.05, 4.69) is 6.92 Å². The zero-order chi connectivity index (χ0) is 14.8. The van der Waals surface area contributed by atoms with Crippen LogP contribution in [0.1, 0.15) is 65.2 Å². The SMILES string of the molecule is CCCCC[C@H]1O[C@@H](CC(=O)CC)CC[C@@H]1OCOC. The molecule has 0 amide bonds. The molecule has 4 heteroatoms. The number of Topliss-reactive ketones (excluding diaryl/α,β-unsaturated/α-hetero) is 1. The molecule has 0 aromatic carbocycles. The molecule has 0 aliphatic carbocycles. The average molecular weight is 286 g/mol. The molecule has 1 rings (SSSR count). The zero-order valence-electron chi connectivity index (χ0n) is 13.2. The second kappa shape index (κ2) is 10.3. The Bertz CT molecular complexity index is 267. The maximum absolute atomic E-state index is 11.6. The van der Waals surface area contributed by atoms with Gasteiger partial charge in [0.25, 0.3) is 0 Å². The van der Waals surface area contributed by atoms with Crippen LogP contribution in [0.25, 0.3) is 0 Å². The largest absolute Gasteiger partial charge is 0.372 e. The molecule has 0 radical (unpaired) electrons.